The van der Waals surface area contributed by atoms with E-state index in [4.69, 9.17) is 5.73 Å². The van der Waals surface area contributed by atoms with Crippen molar-refractivity contribution in [2.75, 3.05) is 0 Å². The lowest BCUT2D eigenvalue weighted by molar-refractivity contribution is 0.0626. The number of H-pyrrole nitrogens is 1. The Bertz CT molecular complexity index is 474. The fourth-order valence-electron chi connectivity index (χ4n) is 1.51. The second-order valence-electron chi connectivity index (χ2n) is 3.86. The lowest BCUT2D eigenvalue weighted by Gasteiger charge is -2.24. The number of benzene rings is 1. The van der Waals surface area contributed by atoms with Gasteiger partial charge in [-0.15, -0.1) is 0 Å². The second kappa shape index (κ2) is 3.31. The molecule has 1 aromatic carbocycles. The highest BCUT2D eigenvalue weighted by Gasteiger charge is 2.32. The third kappa shape index (κ3) is 1.61. The van der Waals surface area contributed by atoms with Crippen LogP contribution in [0.15, 0.2) is 30.5 Å². The Morgan fingerprint density at radius 3 is 2.73 bits per heavy atom. The molecule has 2 rings (SSSR count). The molecule has 1 heterocycles. The van der Waals surface area contributed by atoms with E-state index in [0.717, 1.165) is 10.9 Å². The van der Waals surface area contributed by atoms with E-state index in [-0.39, 0.29) is 0 Å². The molecule has 4 heteroatoms. The standard InChI is InChI=1S/C11H12F2N2/c1-11(14,10(12)13)8-3-2-7-4-5-15-9(7)6-8/h2-6,10,15H,14H2,1H3. The molecule has 1 atom stereocenters. The molecule has 0 spiro atoms. The Labute approximate surface area is 86.1 Å². The highest BCUT2D eigenvalue weighted by molar-refractivity contribution is 5.80. The van der Waals surface area contributed by atoms with Crippen LogP contribution in [0.4, 0.5) is 8.78 Å². The number of hydrogen-bond acceptors (Lipinski definition) is 1. The van der Waals surface area contributed by atoms with Gasteiger partial charge in [-0.05, 0) is 30.0 Å². The summed E-state index contributed by atoms with van der Waals surface area (Å²) in [5.41, 5.74) is 5.24. The van der Waals surface area contributed by atoms with Gasteiger partial charge in [-0.2, -0.15) is 0 Å². The lowest BCUT2D eigenvalue weighted by Crippen LogP contribution is -2.40. The first kappa shape index (κ1) is 10.1. The van der Waals surface area contributed by atoms with Gasteiger partial charge in [-0.25, -0.2) is 8.78 Å². The Kier molecular flexibility index (Phi) is 2.23. The molecule has 3 N–H and O–H groups in total. The van der Waals surface area contributed by atoms with Crippen LogP contribution in [0.3, 0.4) is 0 Å². The summed E-state index contributed by atoms with van der Waals surface area (Å²) in [7, 11) is 0. The van der Waals surface area contributed by atoms with Gasteiger partial charge < -0.3 is 10.7 Å². The molecule has 2 nitrogen and oxygen atoms in total. The van der Waals surface area contributed by atoms with Crippen molar-refractivity contribution in [1.82, 2.24) is 4.98 Å². The first-order valence-corrected chi connectivity index (χ1v) is 4.66. The minimum absolute atomic E-state index is 0.437. The SMILES string of the molecule is CC(N)(c1ccc2cc[nH]c2c1)C(F)F. The lowest BCUT2D eigenvalue weighted by atomic mass is 9.93. The van der Waals surface area contributed by atoms with Crippen LogP contribution >= 0.6 is 0 Å². The van der Waals surface area contributed by atoms with E-state index in [1.54, 1.807) is 24.4 Å². The summed E-state index contributed by atoms with van der Waals surface area (Å²) in [5.74, 6) is 0. The summed E-state index contributed by atoms with van der Waals surface area (Å²) >= 11 is 0. The van der Waals surface area contributed by atoms with Crippen molar-refractivity contribution in [2.45, 2.75) is 18.9 Å². The van der Waals surface area contributed by atoms with Crippen LogP contribution in [0, 0.1) is 0 Å². The molecular weight excluding hydrogens is 198 g/mol. The van der Waals surface area contributed by atoms with Crippen molar-refractivity contribution in [2.24, 2.45) is 5.73 Å². The molecule has 15 heavy (non-hydrogen) atoms. The van der Waals surface area contributed by atoms with Gasteiger partial charge in [0.2, 0.25) is 0 Å². The molecule has 0 fully saturated rings. The largest absolute Gasteiger partial charge is 0.361 e. The van der Waals surface area contributed by atoms with Gasteiger partial charge in [0.05, 0.1) is 5.54 Å². The number of rotatable bonds is 2. The van der Waals surface area contributed by atoms with E-state index in [0.29, 0.717) is 5.56 Å². The third-order valence-electron chi connectivity index (χ3n) is 2.63. The van der Waals surface area contributed by atoms with Crippen LogP contribution in [0.25, 0.3) is 10.9 Å². The summed E-state index contributed by atoms with van der Waals surface area (Å²) in [6.07, 6.45) is -0.810. The molecule has 2 aromatic rings. The Hall–Kier alpha value is -1.42. The van der Waals surface area contributed by atoms with Crippen LogP contribution in [0.2, 0.25) is 0 Å². The molecule has 0 bridgehead atoms. The monoisotopic (exact) mass is 210 g/mol. The number of aromatic nitrogens is 1. The van der Waals surface area contributed by atoms with E-state index in [1.807, 2.05) is 6.07 Å². The van der Waals surface area contributed by atoms with Crippen LogP contribution in [0.1, 0.15) is 12.5 Å². The topological polar surface area (TPSA) is 41.8 Å². The van der Waals surface area contributed by atoms with E-state index in [1.165, 1.54) is 6.92 Å². The molecule has 0 saturated carbocycles. The van der Waals surface area contributed by atoms with Crippen LogP contribution in [0.5, 0.6) is 0 Å². The van der Waals surface area contributed by atoms with Crippen molar-refractivity contribution in [1.29, 1.82) is 0 Å². The van der Waals surface area contributed by atoms with E-state index in [9.17, 15) is 8.78 Å². The maximum Gasteiger partial charge on any atom is 0.260 e. The summed E-state index contributed by atoms with van der Waals surface area (Å²) in [6, 6.07) is 6.98. The van der Waals surface area contributed by atoms with Crippen LogP contribution < -0.4 is 5.73 Å². The minimum Gasteiger partial charge on any atom is -0.361 e. The third-order valence-corrected chi connectivity index (χ3v) is 2.63. The van der Waals surface area contributed by atoms with Crippen molar-refractivity contribution in [3.05, 3.63) is 36.0 Å². The van der Waals surface area contributed by atoms with E-state index < -0.39 is 12.0 Å². The molecule has 1 aromatic heterocycles. The summed E-state index contributed by atoms with van der Waals surface area (Å²) in [5, 5.41) is 0.990. The molecule has 0 aliphatic carbocycles. The molecule has 0 saturated heterocycles. The zero-order chi connectivity index (χ0) is 11.1. The van der Waals surface area contributed by atoms with Gasteiger partial charge in [-0.1, -0.05) is 12.1 Å². The minimum atomic E-state index is -2.58. The van der Waals surface area contributed by atoms with Crippen molar-refractivity contribution in [3.63, 3.8) is 0 Å². The Balaban J connectivity index is 2.52. The van der Waals surface area contributed by atoms with E-state index >= 15 is 0 Å². The van der Waals surface area contributed by atoms with Crippen LogP contribution in [-0.4, -0.2) is 11.4 Å². The summed E-state index contributed by atoms with van der Waals surface area (Å²) in [4.78, 5) is 2.97. The number of halogens is 2. The molecule has 1 unspecified atom stereocenters. The highest BCUT2D eigenvalue weighted by Crippen LogP contribution is 2.27. The molecule has 0 aliphatic rings. The zero-order valence-corrected chi connectivity index (χ0v) is 8.30. The number of fused-ring (bicyclic) bond motifs is 1. The number of nitrogens with one attached hydrogen (secondary N) is 1. The average Bonchev–Trinajstić information content (AvgIpc) is 2.63. The van der Waals surface area contributed by atoms with E-state index in [2.05, 4.69) is 4.98 Å². The normalized spacial score (nSPS) is 15.8. The summed E-state index contributed by atoms with van der Waals surface area (Å²) < 4.78 is 25.4. The molecule has 0 radical (unpaired) electrons. The molecule has 80 valence electrons. The quantitative estimate of drug-likeness (QED) is 0.786. The highest BCUT2D eigenvalue weighted by atomic mass is 19.3. The summed E-state index contributed by atoms with van der Waals surface area (Å²) in [6.45, 7) is 1.34. The van der Waals surface area contributed by atoms with Crippen molar-refractivity contribution < 1.29 is 8.78 Å². The maximum absolute atomic E-state index is 12.7. The average molecular weight is 210 g/mol. The number of aromatic amines is 1. The number of hydrogen-bond donors (Lipinski definition) is 2. The zero-order valence-electron chi connectivity index (χ0n) is 8.30. The molecule has 0 amide bonds. The fraction of sp³-hybridized carbons (Fsp3) is 0.273. The van der Waals surface area contributed by atoms with Gasteiger partial charge in [0, 0.05) is 11.7 Å². The van der Waals surface area contributed by atoms with Crippen molar-refractivity contribution >= 4 is 10.9 Å². The smallest absolute Gasteiger partial charge is 0.260 e. The Morgan fingerprint density at radius 1 is 1.33 bits per heavy atom. The number of nitrogens with two attached hydrogens (primary N) is 1. The van der Waals surface area contributed by atoms with Crippen molar-refractivity contribution in [3.8, 4) is 0 Å². The van der Waals surface area contributed by atoms with Gasteiger partial charge >= 0.3 is 0 Å². The Morgan fingerprint density at radius 2 is 2.07 bits per heavy atom. The van der Waals surface area contributed by atoms with Crippen LogP contribution in [-0.2, 0) is 5.54 Å². The first-order chi connectivity index (χ1) is 7.01. The molecular formula is C11H12F2N2. The fourth-order valence-corrected chi connectivity index (χ4v) is 1.51. The first-order valence-electron chi connectivity index (χ1n) is 4.66. The maximum atomic E-state index is 12.7. The number of alkyl halides is 2. The predicted octanol–water partition coefficient (Wildman–Crippen LogP) is 2.61. The van der Waals surface area contributed by atoms with Gasteiger partial charge in [-0.3, -0.25) is 0 Å². The van der Waals surface area contributed by atoms with Gasteiger partial charge in [0.25, 0.3) is 6.43 Å². The second-order valence-corrected chi connectivity index (χ2v) is 3.86. The predicted molar refractivity (Wildman–Crippen MR) is 55.8 cm³/mol. The van der Waals surface area contributed by atoms with Gasteiger partial charge in [0.15, 0.2) is 0 Å². The molecule has 0 aliphatic heterocycles. The van der Waals surface area contributed by atoms with Gasteiger partial charge in [0.1, 0.15) is 0 Å².